The zero-order valence-electron chi connectivity index (χ0n) is 9.87. The van der Waals surface area contributed by atoms with E-state index in [1.54, 1.807) is 6.07 Å². The highest BCUT2D eigenvalue weighted by atomic mass is 32.2. The van der Waals surface area contributed by atoms with Crippen molar-refractivity contribution < 1.29 is 22.3 Å². The van der Waals surface area contributed by atoms with Crippen LogP contribution in [0.15, 0.2) is 27.9 Å². The molecule has 1 spiro atoms. The van der Waals surface area contributed by atoms with E-state index >= 15 is 0 Å². The van der Waals surface area contributed by atoms with Gasteiger partial charge in [-0.25, -0.2) is 8.42 Å². The molecule has 3 heterocycles. The van der Waals surface area contributed by atoms with Crippen LogP contribution in [0, 0.1) is 0 Å². The molecule has 0 saturated carbocycles. The molecule has 7 heteroatoms. The van der Waals surface area contributed by atoms with E-state index in [4.69, 9.17) is 13.9 Å². The molecule has 1 atom stereocenters. The topological polar surface area (TPSA) is 69.0 Å². The molecule has 100 valence electrons. The zero-order chi connectivity index (χ0) is 12.6. The van der Waals surface area contributed by atoms with E-state index in [-0.39, 0.29) is 5.09 Å². The number of nitrogens with zero attached hydrogens (tertiary/aromatic N) is 1. The predicted molar refractivity (Wildman–Crippen MR) is 61.6 cm³/mol. The molecule has 2 saturated heterocycles. The Balaban J connectivity index is 1.98. The van der Waals surface area contributed by atoms with Gasteiger partial charge in [0.1, 0.15) is 0 Å². The van der Waals surface area contributed by atoms with Crippen LogP contribution < -0.4 is 0 Å². The number of hydrogen-bond acceptors (Lipinski definition) is 5. The van der Waals surface area contributed by atoms with Crippen molar-refractivity contribution in [1.29, 1.82) is 0 Å². The van der Waals surface area contributed by atoms with Crippen LogP contribution in [0.4, 0.5) is 0 Å². The van der Waals surface area contributed by atoms with Gasteiger partial charge in [-0.05, 0) is 18.6 Å². The Morgan fingerprint density at radius 1 is 1.22 bits per heavy atom. The molecular weight excluding hydrogens is 258 g/mol. The Hall–Kier alpha value is -0.890. The zero-order valence-corrected chi connectivity index (χ0v) is 10.7. The Morgan fingerprint density at radius 2 is 2.00 bits per heavy atom. The van der Waals surface area contributed by atoms with Crippen LogP contribution in [-0.4, -0.2) is 51.2 Å². The van der Waals surface area contributed by atoms with Gasteiger partial charge in [-0.15, -0.1) is 0 Å². The highest BCUT2D eigenvalue weighted by molar-refractivity contribution is 7.89. The minimum Gasteiger partial charge on any atom is -0.452 e. The molecule has 3 rings (SSSR count). The number of sulfonamides is 1. The summed E-state index contributed by atoms with van der Waals surface area (Å²) in [5.41, 5.74) is -0.566. The Bertz CT molecular complexity index is 504. The van der Waals surface area contributed by atoms with Gasteiger partial charge in [0.2, 0.25) is 5.09 Å². The fourth-order valence-electron chi connectivity index (χ4n) is 2.52. The molecule has 18 heavy (non-hydrogen) atoms. The van der Waals surface area contributed by atoms with Crippen molar-refractivity contribution in [2.75, 3.05) is 33.0 Å². The monoisotopic (exact) mass is 273 g/mol. The van der Waals surface area contributed by atoms with Crippen LogP contribution in [-0.2, 0) is 19.5 Å². The molecule has 1 aromatic heterocycles. The molecule has 6 nitrogen and oxygen atoms in total. The highest BCUT2D eigenvalue weighted by Crippen LogP contribution is 2.34. The molecule has 0 aromatic carbocycles. The average molecular weight is 273 g/mol. The van der Waals surface area contributed by atoms with E-state index in [0.29, 0.717) is 39.4 Å². The molecule has 2 fully saturated rings. The van der Waals surface area contributed by atoms with Crippen molar-refractivity contribution in [2.24, 2.45) is 0 Å². The third-order valence-electron chi connectivity index (χ3n) is 3.46. The van der Waals surface area contributed by atoms with E-state index in [2.05, 4.69) is 0 Å². The third kappa shape index (κ3) is 1.78. The van der Waals surface area contributed by atoms with Gasteiger partial charge in [-0.1, -0.05) is 0 Å². The van der Waals surface area contributed by atoms with Gasteiger partial charge in [-0.3, -0.25) is 0 Å². The van der Waals surface area contributed by atoms with Crippen LogP contribution >= 0.6 is 0 Å². The summed E-state index contributed by atoms with van der Waals surface area (Å²) in [5, 5.41) is -0.0179. The van der Waals surface area contributed by atoms with Crippen LogP contribution in [0.5, 0.6) is 0 Å². The number of rotatable bonds is 2. The lowest BCUT2D eigenvalue weighted by molar-refractivity contribution is -0.0298. The Morgan fingerprint density at radius 3 is 2.61 bits per heavy atom. The molecule has 1 unspecified atom stereocenters. The van der Waals surface area contributed by atoms with Crippen molar-refractivity contribution in [3.05, 3.63) is 18.4 Å². The van der Waals surface area contributed by atoms with Gasteiger partial charge in [0.05, 0.1) is 31.6 Å². The van der Waals surface area contributed by atoms with Crippen molar-refractivity contribution in [1.82, 2.24) is 4.31 Å². The molecule has 2 aliphatic heterocycles. The minimum atomic E-state index is -3.60. The molecule has 2 aliphatic rings. The van der Waals surface area contributed by atoms with Gasteiger partial charge >= 0.3 is 0 Å². The summed E-state index contributed by atoms with van der Waals surface area (Å²) in [5.74, 6) is 0. The van der Waals surface area contributed by atoms with E-state index in [1.807, 2.05) is 0 Å². The van der Waals surface area contributed by atoms with Crippen molar-refractivity contribution in [2.45, 2.75) is 17.1 Å². The first-order chi connectivity index (χ1) is 8.65. The standard InChI is InChI=1S/C11H15NO5S/c13-18(14,10-2-1-5-17-10)12-4-7-16-9-11(12)3-6-15-8-11/h1-2,5H,3-4,6-9H2. The van der Waals surface area contributed by atoms with Crippen LogP contribution in [0.2, 0.25) is 0 Å². The van der Waals surface area contributed by atoms with E-state index in [0.717, 1.165) is 0 Å². The molecule has 0 aliphatic carbocycles. The molecule has 0 radical (unpaired) electrons. The summed E-state index contributed by atoms with van der Waals surface area (Å²) >= 11 is 0. The van der Waals surface area contributed by atoms with E-state index in [9.17, 15) is 8.42 Å². The summed E-state index contributed by atoms with van der Waals surface area (Å²) < 4.78 is 42.4. The molecule has 1 aromatic rings. The average Bonchev–Trinajstić information content (AvgIpc) is 3.01. The SMILES string of the molecule is O=S(=O)(c1ccco1)N1CCOCC12CCOC2. The fraction of sp³-hybridized carbons (Fsp3) is 0.636. The predicted octanol–water partition coefficient (Wildman–Crippen LogP) is 0.460. The van der Waals surface area contributed by atoms with Gasteiger partial charge in [0, 0.05) is 13.2 Å². The summed E-state index contributed by atoms with van der Waals surface area (Å²) in [7, 11) is -3.60. The van der Waals surface area contributed by atoms with Gasteiger partial charge in [0.25, 0.3) is 10.0 Å². The molecule has 0 bridgehead atoms. The van der Waals surface area contributed by atoms with E-state index < -0.39 is 15.6 Å². The van der Waals surface area contributed by atoms with Crippen LogP contribution in [0.3, 0.4) is 0 Å². The first-order valence-electron chi connectivity index (χ1n) is 5.87. The molecule has 0 N–H and O–H groups in total. The number of morpholine rings is 1. The fourth-order valence-corrected chi connectivity index (χ4v) is 4.19. The maximum Gasteiger partial charge on any atom is 0.277 e. The van der Waals surface area contributed by atoms with Gasteiger partial charge in [0.15, 0.2) is 0 Å². The second-order valence-corrected chi connectivity index (χ2v) is 6.38. The van der Waals surface area contributed by atoms with Crippen LogP contribution in [0.25, 0.3) is 0 Å². The summed E-state index contributed by atoms with van der Waals surface area (Å²) in [6, 6.07) is 3.04. The summed E-state index contributed by atoms with van der Waals surface area (Å²) in [6.45, 7) is 2.07. The summed E-state index contributed by atoms with van der Waals surface area (Å²) in [6.07, 6.45) is 2.03. The molecular formula is C11H15NO5S. The lowest BCUT2D eigenvalue weighted by Gasteiger charge is -2.41. The lowest BCUT2D eigenvalue weighted by Crippen LogP contribution is -2.59. The second kappa shape index (κ2) is 4.34. The van der Waals surface area contributed by atoms with Gasteiger partial charge in [-0.2, -0.15) is 4.31 Å². The maximum atomic E-state index is 12.5. The normalized spacial score (nSPS) is 30.0. The van der Waals surface area contributed by atoms with Crippen molar-refractivity contribution in [3.8, 4) is 0 Å². The summed E-state index contributed by atoms with van der Waals surface area (Å²) in [4.78, 5) is 0. The van der Waals surface area contributed by atoms with Gasteiger partial charge < -0.3 is 13.9 Å². The first-order valence-corrected chi connectivity index (χ1v) is 7.31. The first kappa shape index (κ1) is 12.2. The Kier molecular flexibility index (Phi) is 2.93. The number of ether oxygens (including phenoxy) is 2. The van der Waals surface area contributed by atoms with Crippen molar-refractivity contribution in [3.63, 3.8) is 0 Å². The molecule has 0 amide bonds. The van der Waals surface area contributed by atoms with Crippen molar-refractivity contribution >= 4 is 10.0 Å². The quantitative estimate of drug-likeness (QED) is 0.783. The van der Waals surface area contributed by atoms with Crippen LogP contribution in [0.1, 0.15) is 6.42 Å². The number of furan rings is 1. The lowest BCUT2D eigenvalue weighted by atomic mass is 9.99. The minimum absolute atomic E-state index is 0.0179. The second-order valence-electron chi connectivity index (χ2n) is 4.59. The number of hydrogen-bond donors (Lipinski definition) is 0. The smallest absolute Gasteiger partial charge is 0.277 e. The third-order valence-corrected chi connectivity index (χ3v) is 5.35. The van der Waals surface area contributed by atoms with E-state index in [1.165, 1.54) is 16.6 Å². The largest absolute Gasteiger partial charge is 0.452 e. The Labute approximate surface area is 106 Å². The maximum absolute atomic E-state index is 12.5. The highest BCUT2D eigenvalue weighted by Gasteiger charge is 2.49.